The molecule has 5 nitrogen and oxygen atoms in total. The monoisotopic (exact) mass is 309 g/mol. The third-order valence-corrected chi connectivity index (χ3v) is 4.42. The Morgan fingerprint density at radius 1 is 1.38 bits per heavy atom. The molecule has 6 heteroatoms. The molecule has 0 unspecified atom stereocenters. The molecule has 0 aliphatic carbocycles. The van der Waals surface area contributed by atoms with Gasteiger partial charge < -0.3 is 15.5 Å². The van der Waals surface area contributed by atoms with Crippen molar-refractivity contribution >= 4 is 23.2 Å². The summed E-state index contributed by atoms with van der Waals surface area (Å²) in [5, 5.41) is 9.61. The van der Waals surface area contributed by atoms with E-state index in [2.05, 4.69) is 22.6 Å². The second-order valence-corrected chi connectivity index (χ2v) is 6.30. The zero-order valence-corrected chi connectivity index (χ0v) is 13.2. The van der Waals surface area contributed by atoms with Crippen molar-refractivity contribution in [1.82, 2.24) is 15.5 Å². The van der Waals surface area contributed by atoms with Gasteiger partial charge in [-0.3, -0.25) is 9.59 Å². The number of rotatable bonds is 6. The van der Waals surface area contributed by atoms with Gasteiger partial charge in [0.25, 0.3) is 5.91 Å². The molecule has 0 spiro atoms. The predicted octanol–water partition coefficient (Wildman–Crippen LogP) is 1.47. The van der Waals surface area contributed by atoms with E-state index in [1.807, 2.05) is 10.8 Å². The molecule has 1 aliphatic rings. The van der Waals surface area contributed by atoms with Gasteiger partial charge in [0.15, 0.2) is 0 Å². The molecule has 2 heterocycles. The Bertz CT molecular complexity index is 453. The van der Waals surface area contributed by atoms with Crippen LogP contribution in [0.2, 0.25) is 0 Å². The van der Waals surface area contributed by atoms with Gasteiger partial charge in [-0.15, -0.1) is 0 Å². The summed E-state index contributed by atoms with van der Waals surface area (Å²) in [7, 11) is 2.11. The smallest absolute Gasteiger partial charge is 0.252 e. The number of amides is 2. The standard InChI is InChI=1S/C15H23N3O2S/c1-18-8-4-13(5-9-18)17-14(19)3-2-7-16-15(20)12-6-10-21-11-12/h6,10-11,13H,2-5,7-9H2,1H3,(H,16,20)(H,17,19). The van der Waals surface area contributed by atoms with E-state index in [4.69, 9.17) is 0 Å². The number of nitrogens with one attached hydrogen (secondary N) is 2. The van der Waals surface area contributed by atoms with Crippen LogP contribution < -0.4 is 10.6 Å². The van der Waals surface area contributed by atoms with Crippen molar-refractivity contribution in [3.63, 3.8) is 0 Å². The summed E-state index contributed by atoms with van der Waals surface area (Å²) >= 11 is 1.50. The Balaban J connectivity index is 1.56. The first kappa shape index (κ1) is 16.0. The molecular weight excluding hydrogens is 286 g/mol. The van der Waals surface area contributed by atoms with Gasteiger partial charge >= 0.3 is 0 Å². The maximum absolute atomic E-state index is 11.8. The first-order valence-electron chi connectivity index (χ1n) is 7.43. The van der Waals surface area contributed by atoms with Crippen LogP contribution in [0.1, 0.15) is 36.0 Å². The van der Waals surface area contributed by atoms with Gasteiger partial charge in [0.05, 0.1) is 0 Å². The van der Waals surface area contributed by atoms with Crippen molar-refractivity contribution in [2.45, 2.75) is 31.7 Å². The molecule has 1 aromatic heterocycles. The van der Waals surface area contributed by atoms with Crippen molar-refractivity contribution in [1.29, 1.82) is 0 Å². The van der Waals surface area contributed by atoms with Gasteiger partial charge in [0, 0.05) is 30.0 Å². The van der Waals surface area contributed by atoms with Crippen molar-refractivity contribution in [2.75, 3.05) is 26.7 Å². The van der Waals surface area contributed by atoms with Crippen LogP contribution in [-0.4, -0.2) is 49.4 Å². The minimum atomic E-state index is -0.0630. The molecule has 2 rings (SSSR count). The second-order valence-electron chi connectivity index (χ2n) is 5.52. The number of hydrogen-bond donors (Lipinski definition) is 2. The Kier molecular flexibility index (Phi) is 6.20. The molecule has 0 bridgehead atoms. The van der Waals surface area contributed by atoms with E-state index in [1.54, 1.807) is 6.07 Å². The lowest BCUT2D eigenvalue weighted by atomic mass is 10.1. The number of carbonyl (C=O) groups is 2. The molecule has 0 atom stereocenters. The van der Waals surface area contributed by atoms with Crippen molar-refractivity contribution in [3.8, 4) is 0 Å². The van der Waals surface area contributed by atoms with Crippen LogP contribution in [0.25, 0.3) is 0 Å². The molecule has 1 fully saturated rings. The highest BCUT2D eigenvalue weighted by atomic mass is 32.1. The summed E-state index contributed by atoms with van der Waals surface area (Å²) in [5.74, 6) is 0.0290. The number of thiophene rings is 1. The van der Waals surface area contributed by atoms with E-state index in [1.165, 1.54) is 11.3 Å². The second kappa shape index (κ2) is 8.14. The van der Waals surface area contributed by atoms with Crippen LogP contribution in [-0.2, 0) is 4.79 Å². The summed E-state index contributed by atoms with van der Waals surface area (Å²) < 4.78 is 0. The summed E-state index contributed by atoms with van der Waals surface area (Å²) in [5.41, 5.74) is 0.691. The predicted molar refractivity (Wildman–Crippen MR) is 84.5 cm³/mol. The van der Waals surface area contributed by atoms with E-state index in [0.29, 0.717) is 31.0 Å². The minimum Gasteiger partial charge on any atom is -0.353 e. The lowest BCUT2D eigenvalue weighted by Crippen LogP contribution is -2.43. The molecule has 1 saturated heterocycles. The molecular formula is C15H23N3O2S. The van der Waals surface area contributed by atoms with Crippen LogP contribution in [0.3, 0.4) is 0 Å². The maximum atomic E-state index is 11.8. The quantitative estimate of drug-likeness (QED) is 0.782. The molecule has 0 radical (unpaired) electrons. The average Bonchev–Trinajstić information content (AvgIpc) is 3.00. The van der Waals surface area contributed by atoms with Gasteiger partial charge in [0.2, 0.25) is 5.91 Å². The fourth-order valence-corrected chi connectivity index (χ4v) is 3.04. The third kappa shape index (κ3) is 5.47. The summed E-state index contributed by atoms with van der Waals surface area (Å²) in [6.07, 6.45) is 3.19. The maximum Gasteiger partial charge on any atom is 0.252 e. The van der Waals surface area contributed by atoms with Gasteiger partial charge in [-0.1, -0.05) is 0 Å². The molecule has 0 aromatic carbocycles. The van der Waals surface area contributed by atoms with Crippen LogP contribution in [0.15, 0.2) is 16.8 Å². The highest BCUT2D eigenvalue weighted by Crippen LogP contribution is 2.08. The molecule has 1 aliphatic heterocycles. The normalized spacial score (nSPS) is 16.6. The first-order chi connectivity index (χ1) is 10.1. The van der Waals surface area contributed by atoms with Crippen LogP contribution >= 0.6 is 11.3 Å². The molecule has 0 saturated carbocycles. The Labute approximate surface area is 129 Å². The highest BCUT2D eigenvalue weighted by molar-refractivity contribution is 7.08. The molecule has 2 amide bonds. The number of nitrogens with zero attached hydrogens (tertiary/aromatic N) is 1. The Hall–Kier alpha value is -1.40. The topological polar surface area (TPSA) is 61.4 Å². The van der Waals surface area contributed by atoms with Gasteiger partial charge in [-0.05, 0) is 50.8 Å². The summed E-state index contributed by atoms with van der Waals surface area (Å²) in [4.78, 5) is 25.8. The van der Waals surface area contributed by atoms with Gasteiger partial charge in [0.1, 0.15) is 0 Å². The lowest BCUT2D eigenvalue weighted by Gasteiger charge is -2.29. The summed E-state index contributed by atoms with van der Waals surface area (Å²) in [6.45, 7) is 2.62. The van der Waals surface area contributed by atoms with E-state index in [-0.39, 0.29) is 11.8 Å². The largest absolute Gasteiger partial charge is 0.353 e. The van der Waals surface area contributed by atoms with Crippen molar-refractivity contribution in [2.24, 2.45) is 0 Å². The Morgan fingerprint density at radius 3 is 2.81 bits per heavy atom. The Morgan fingerprint density at radius 2 is 2.14 bits per heavy atom. The number of piperidine rings is 1. The molecule has 1 aromatic rings. The number of carbonyl (C=O) groups excluding carboxylic acids is 2. The fourth-order valence-electron chi connectivity index (χ4n) is 2.40. The highest BCUT2D eigenvalue weighted by Gasteiger charge is 2.18. The van der Waals surface area contributed by atoms with E-state index in [0.717, 1.165) is 25.9 Å². The zero-order chi connectivity index (χ0) is 15.1. The molecule has 2 N–H and O–H groups in total. The first-order valence-corrected chi connectivity index (χ1v) is 8.38. The third-order valence-electron chi connectivity index (χ3n) is 3.73. The minimum absolute atomic E-state index is 0.0630. The van der Waals surface area contributed by atoms with E-state index in [9.17, 15) is 9.59 Å². The number of likely N-dealkylation sites (tertiary alicyclic amines) is 1. The van der Waals surface area contributed by atoms with Crippen molar-refractivity contribution < 1.29 is 9.59 Å². The summed E-state index contributed by atoms with van der Waals surface area (Å²) in [6, 6.07) is 2.11. The average molecular weight is 309 g/mol. The lowest BCUT2D eigenvalue weighted by molar-refractivity contribution is -0.122. The number of hydrogen-bond acceptors (Lipinski definition) is 4. The van der Waals surface area contributed by atoms with Crippen LogP contribution in [0, 0.1) is 0 Å². The van der Waals surface area contributed by atoms with E-state index >= 15 is 0 Å². The molecule has 21 heavy (non-hydrogen) atoms. The SMILES string of the molecule is CN1CCC(NC(=O)CCCNC(=O)c2ccsc2)CC1. The van der Waals surface area contributed by atoms with Gasteiger partial charge in [-0.25, -0.2) is 0 Å². The molecule has 116 valence electrons. The van der Waals surface area contributed by atoms with Crippen molar-refractivity contribution in [3.05, 3.63) is 22.4 Å². The fraction of sp³-hybridized carbons (Fsp3) is 0.600. The van der Waals surface area contributed by atoms with Crippen LogP contribution in [0.5, 0.6) is 0 Å². The zero-order valence-electron chi connectivity index (χ0n) is 12.4. The van der Waals surface area contributed by atoms with E-state index < -0.39 is 0 Å². The van der Waals surface area contributed by atoms with Crippen LogP contribution in [0.4, 0.5) is 0 Å². The van der Waals surface area contributed by atoms with Gasteiger partial charge in [-0.2, -0.15) is 11.3 Å².